The Hall–Kier alpha value is -1.16. The van der Waals surface area contributed by atoms with Crippen molar-refractivity contribution >= 4 is 11.3 Å². The Balaban J connectivity index is 2.03. The first-order chi connectivity index (χ1) is 11.0. The molecule has 0 aliphatic carbocycles. The summed E-state index contributed by atoms with van der Waals surface area (Å²) >= 11 is 1.85. The van der Waals surface area contributed by atoms with Crippen LogP contribution in [-0.2, 0) is 19.5 Å². The van der Waals surface area contributed by atoms with Gasteiger partial charge in [-0.1, -0.05) is 44.2 Å². The fourth-order valence-corrected chi connectivity index (χ4v) is 3.51. The summed E-state index contributed by atoms with van der Waals surface area (Å²) in [5, 5.41) is 2.17. The number of hydrogen-bond donors (Lipinski definition) is 0. The second kappa shape index (κ2) is 9.21. The molecule has 23 heavy (non-hydrogen) atoms. The molecule has 0 unspecified atom stereocenters. The zero-order chi connectivity index (χ0) is 16.7. The first kappa shape index (κ1) is 18.2. The summed E-state index contributed by atoms with van der Waals surface area (Å²) in [5.41, 5.74) is 2.89. The van der Waals surface area contributed by atoms with Crippen molar-refractivity contribution in [3.05, 3.63) is 57.8 Å². The van der Waals surface area contributed by atoms with E-state index in [0.717, 1.165) is 32.6 Å². The lowest BCUT2D eigenvalue weighted by molar-refractivity contribution is 0.228. The second-order valence-corrected chi connectivity index (χ2v) is 8.04. The van der Waals surface area contributed by atoms with E-state index >= 15 is 0 Å². The van der Waals surface area contributed by atoms with Crippen molar-refractivity contribution < 1.29 is 0 Å². The van der Waals surface area contributed by atoms with Crippen molar-refractivity contribution in [1.29, 1.82) is 0 Å². The van der Waals surface area contributed by atoms with Gasteiger partial charge in [0, 0.05) is 31.1 Å². The van der Waals surface area contributed by atoms with Gasteiger partial charge < -0.3 is 4.90 Å². The number of thiophene rings is 1. The first-order valence-corrected chi connectivity index (χ1v) is 9.38. The number of hydrogen-bond acceptors (Lipinski definition) is 3. The van der Waals surface area contributed by atoms with Gasteiger partial charge in [0.2, 0.25) is 0 Å². The summed E-state index contributed by atoms with van der Waals surface area (Å²) in [6.07, 6.45) is 1.16. The van der Waals surface area contributed by atoms with Crippen LogP contribution in [0.1, 0.15) is 29.9 Å². The molecule has 2 nitrogen and oxygen atoms in total. The Kier molecular flexibility index (Phi) is 7.28. The third-order valence-electron chi connectivity index (χ3n) is 3.86. The van der Waals surface area contributed by atoms with Crippen molar-refractivity contribution in [1.82, 2.24) is 9.80 Å². The van der Waals surface area contributed by atoms with Crippen LogP contribution in [0.4, 0.5) is 0 Å². The van der Waals surface area contributed by atoms with Crippen LogP contribution in [-0.4, -0.2) is 37.0 Å². The van der Waals surface area contributed by atoms with Crippen molar-refractivity contribution in [3.63, 3.8) is 0 Å². The molecule has 0 N–H and O–H groups in total. The molecule has 0 saturated carbocycles. The van der Waals surface area contributed by atoms with Gasteiger partial charge in [-0.15, -0.1) is 11.3 Å². The van der Waals surface area contributed by atoms with Crippen LogP contribution < -0.4 is 0 Å². The molecule has 2 aromatic rings. The maximum Gasteiger partial charge on any atom is 0.0331 e. The lowest BCUT2D eigenvalue weighted by atomic mass is 10.0. The number of likely N-dealkylation sites (N-methyl/N-ethyl adjacent to an activating group) is 1. The molecule has 0 radical (unpaired) electrons. The molecule has 0 spiro atoms. The third-order valence-corrected chi connectivity index (χ3v) is 4.73. The first-order valence-electron chi connectivity index (χ1n) is 8.50. The molecule has 1 heterocycles. The van der Waals surface area contributed by atoms with Crippen molar-refractivity contribution in [2.24, 2.45) is 5.92 Å². The van der Waals surface area contributed by atoms with Gasteiger partial charge in [0.25, 0.3) is 0 Å². The molecule has 0 atom stereocenters. The minimum Gasteiger partial charge on any atom is -0.308 e. The summed E-state index contributed by atoms with van der Waals surface area (Å²) in [6, 6.07) is 13.5. The molecular weight excluding hydrogens is 300 g/mol. The van der Waals surface area contributed by atoms with Gasteiger partial charge in [-0.25, -0.2) is 0 Å². The Morgan fingerprint density at radius 1 is 0.957 bits per heavy atom. The summed E-state index contributed by atoms with van der Waals surface area (Å²) in [7, 11) is 4.29. The molecular formula is C20H30N2S. The highest BCUT2D eigenvalue weighted by Crippen LogP contribution is 2.16. The molecule has 0 bridgehead atoms. The van der Waals surface area contributed by atoms with Gasteiger partial charge in [0.15, 0.2) is 0 Å². The van der Waals surface area contributed by atoms with Crippen LogP contribution >= 0.6 is 11.3 Å². The average Bonchev–Trinajstić information content (AvgIpc) is 2.97. The van der Waals surface area contributed by atoms with Gasteiger partial charge >= 0.3 is 0 Å². The summed E-state index contributed by atoms with van der Waals surface area (Å²) < 4.78 is 0. The number of rotatable bonds is 9. The minimum atomic E-state index is 0.709. The van der Waals surface area contributed by atoms with Crippen LogP contribution in [0.15, 0.2) is 41.8 Å². The Morgan fingerprint density at radius 3 is 2.39 bits per heavy atom. The quantitative estimate of drug-likeness (QED) is 0.667. The van der Waals surface area contributed by atoms with Crippen LogP contribution in [0, 0.1) is 5.92 Å². The second-order valence-electron chi connectivity index (χ2n) is 7.01. The molecule has 1 aromatic carbocycles. The highest BCUT2D eigenvalue weighted by Gasteiger charge is 2.09. The summed E-state index contributed by atoms with van der Waals surface area (Å²) in [5.74, 6) is 0.709. The molecule has 1 aromatic heterocycles. The number of nitrogens with zero attached hydrogens (tertiary/aromatic N) is 2. The molecule has 0 saturated heterocycles. The van der Waals surface area contributed by atoms with Gasteiger partial charge in [-0.05, 0) is 49.0 Å². The maximum atomic E-state index is 2.56. The zero-order valence-corrected chi connectivity index (χ0v) is 15.8. The topological polar surface area (TPSA) is 6.48 Å². The molecule has 0 fully saturated rings. The van der Waals surface area contributed by atoms with Crippen LogP contribution in [0.2, 0.25) is 0 Å². The molecule has 3 heteroatoms. The summed E-state index contributed by atoms with van der Waals surface area (Å²) in [6.45, 7) is 8.83. The highest BCUT2D eigenvalue weighted by molar-refractivity contribution is 7.09. The molecule has 0 amide bonds. The van der Waals surface area contributed by atoms with Crippen molar-refractivity contribution in [2.45, 2.75) is 33.4 Å². The largest absolute Gasteiger partial charge is 0.308 e. The van der Waals surface area contributed by atoms with Crippen LogP contribution in [0.3, 0.4) is 0 Å². The molecule has 126 valence electrons. The highest BCUT2D eigenvalue weighted by atomic mass is 32.1. The predicted molar refractivity (Wildman–Crippen MR) is 102 cm³/mol. The lowest BCUT2D eigenvalue weighted by Crippen LogP contribution is -2.30. The van der Waals surface area contributed by atoms with Gasteiger partial charge in [-0.2, -0.15) is 0 Å². The smallest absolute Gasteiger partial charge is 0.0331 e. The normalized spacial score (nSPS) is 11.8. The minimum absolute atomic E-state index is 0.709. The Labute approximate surface area is 145 Å². The van der Waals surface area contributed by atoms with E-state index in [1.165, 1.54) is 16.0 Å². The fraction of sp³-hybridized carbons (Fsp3) is 0.500. The van der Waals surface area contributed by atoms with E-state index in [1.807, 2.05) is 11.3 Å². The standard InChI is InChI=1S/C20H30N2S/c1-17(2)13-18-7-5-8-19(14-18)15-22(11-10-21(3)4)16-20-9-6-12-23-20/h5-9,12,14,17H,10-11,13,15-16H2,1-4H3. The van der Waals surface area contributed by atoms with Gasteiger partial charge in [0.05, 0.1) is 0 Å². The van der Waals surface area contributed by atoms with E-state index in [4.69, 9.17) is 0 Å². The molecule has 0 aliphatic rings. The van der Waals surface area contributed by atoms with Crippen molar-refractivity contribution in [3.8, 4) is 0 Å². The van der Waals surface area contributed by atoms with Crippen LogP contribution in [0.5, 0.6) is 0 Å². The van der Waals surface area contributed by atoms with Crippen molar-refractivity contribution in [2.75, 3.05) is 27.2 Å². The molecule has 2 rings (SSSR count). The lowest BCUT2D eigenvalue weighted by Gasteiger charge is -2.24. The van der Waals surface area contributed by atoms with Crippen LogP contribution in [0.25, 0.3) is 0 Å². The number of benzene rings is 1. The van der Waals surface area contributed by atoms with E-state index in [0.29, 0.717) is 5.92 Å². The maximum absolute atomic E-state index is 2.56. The van der Waals surface area contributed by atoms with E-state index in [-0.39, 0.29) is 0 Å². The fourth-order valence-electron chi connectivity index (χ4n) is 2.76. The van der Waals surface area contributed by atoms with Gasteiger partial charge in [-0.3, -0.25) is 4.90 Å². The monoisotopic (exact) mass is 330 g/mol. The average molecular weight is 331 g/mol. The van der Waals surface area contributed by atoms with E-state index in [2.05, 4.69) is 79.5 Å². The Morgan fingerprint density at radius 2 is 1.74 bits per heavy atom. The summed E-state index contributed by atoms with van der Waals surface area (Å²) in [4.78, 5) is 6.26. The van der Waals surface area contributed by atoms with E-state index in [9.17, 15) is 0 Å². The third kappa shape index (κ3) is 6.86. The SMILES string of the molecule is CC(C)Cc1cccc(CN(CCN(C)C)Cc2cccs2)c1. The van der Waals surface area contributed by atoms with Gasteiger partial charge in [0.1, 0.15) is 0 Å². The predicted octanol–water partition coefficient (Wildman–Crippen LogP) is 4.51. The van der Waals surface area contributed by atoms with E-state index < -0.39 is 0 Å². The zero-order valence-electron chi connectivity index (χ0n) is 15.0. The Bertz CT molecular complexity index is 561. The van der Waals surface area contributed by atoms with E-state index in [1.54, 1.807) is 0 Å². The molecule has 0 aliphatic heterocycles.